The molecule has 1 aromatic heterocycles. The van der Waals surface area contributed by atoms with Crippen LogP contribution in [0.15, 0.2) is 47.8 Å². The molecular weight excluding hydrogens is 450 g/mol. The zero-order chi connectivity index (χ0) is 22.2. The summed E-state index contributed by atoms with van der Waals surface area (Å²) in [5.74, 6) is 1.21. The molecule has 1 heterocycles. The van der Waals surface area contributed by atoms with Gasteiger partial charge in [0.15, 0.2) is 0 Å². The maximum absolute atomic E-state index is 12.7. The molecule has 1 amide bonds. The number of methoxy groups -OCH3 is 2. The highest BCUT2D eigenvalue weighted by Crippen LogP contribution is 2.26. The molecule has 32 heavy (non-hydrogen) atoms. The smallest absolute Gasteiger partial charge is 0.238 e. The van der Waals surface area contributed by atoms with Crippen LogP contribution in [0.4, 0.5) is 5.69 Å². The number of nitrogens with zero attached hydrogens (tertiary/aromatic N) is 2. The molecule has 0 saturated carbocycles. The van der Waals surface area contributed by atoms with Gasteiger partial charge in [0.2, 0.25) is 5.91 Å². The van der Waals surface area contributed by atoms with Crippen molar-refractivity contribution in [2.24, 2.45) is 0 Å². The van der Waals surface area contributed by atoms with E-state index in [1.54, 1.807) is 31.6 Å². The molecule has 0 fully saturated rings. The minimum atomic E-state index is -0.160. The second-order valence-corrected chi connectivity index (χ2v) is 8.06. The Morgan fingerprint density at radius 1 is 1.19 bits per heavy atom. The van der Waals surface area contributed by atoms with Crippen molar-refractivity contribution >= 4 is 35.3 Å². The van der Waals surface area contributed by atoms with E-state index in [1.807, 2.05) is 53.6 Å². The standard InChI is InChI=1S/C23H27N3O4S.ClH/c1-16-24-21(15-31-16)17-5-4-6-19(11-17)25-23(28)14-26(9-10-27)13-18-7-8-20(29-2)12-22(18)30-3;/h4-8,11-12,15,27H,9-10,13-14H2,1-3H3,(H,25,28);1H. The summed E-state index contributed by atoms with van der Waals surface area (Å²) in [6.45, 7) is 2.87. The van der Waals surface area contributed by atoms with Crippen LogP contribution in [0.25, 0.3) is 11.3 Å². The van der Waals surface area contributed by atoms with E-state index >= 15 is 0 Å². The highest BCUT2D eigenvalue weighted by Gasteiger charge is 2.15. The number of nitrogens with one attached hydrogen (secondary N) is 1. The number of amides is 1. The van der Waals surface area contributed by atoms with E-state index in [0.29, 0.717) is 30.3 Å². The Morgan fingerprint density at radius 3 is 2.66 bits per heavy atom. The molecule has 0 spiro atoms. The number of ether oxygens (including phenoxy) is 2. The zero-order valence-corrected chi connectivity index (χ0v) is 20.0. The number of rotatable bonds is 10. The molecule has 0 aliphatic rings. The quantitative estimate of drug-likeness (QED) is 0.459. The summed E-state index contributed by atoms with van der Waals surface area (Å²) in [7, 11) is 3.19. The number of halogens is 1. The number of anilines is 1. The van der Waals surface area contributed by atoms with E-state index < -0.39 is 0 Å². The minimum Gasteiger partial charge on any atom is -0.497 e. The number of thiazole rings is 1. The van der Waals surface area contributed by atoms with Gasteiger partial charge in [-0.25, -0.2) is 4.98 Å². The lowest BCUT2D eigenvalue weighted by atomic mass is 10.1. The number of aryl methyl sites for hydroxylation is 1. The number of aliphatic hydroxyl groups is 1. The molecule has 0 aliphatic heterocycles. The van der Waals surface area contributed by atoms with Gasteiger partial charge in [0.25, 0.3) is 0 Å². The van der Waals surface area contributed by atoms with Crippen molar-refractivity contribution in [3.8, 4) is 22.8 Å². The number of carbonyl (C=O) groups excluding carboxylic acids is 1. The van der Waals surface area contributed by atoms with Gasteiger partial charge >= 0.3 is 0 Å². The maximum Gasteiger partial charge on any atom is 0.238 e. The Hall–Kier alpha value is -2.65. The van der Waals surface area contributed by atoms with Crippen molar-refractivity contribution in [1.29, 1.82) is 0 Å². The van der Waals surface area contributed by atoms with Crippen LogP contribution in [-0.2, 0) is 11.3 Å². The molecule has 7 nitrogen and oxygen atoms in total. The first-order chi connectivity index (χ1) is 15.0. The Labute approximate surface area is 198 Å². The number of hydrogen-bond acceptors (Lipinski definition) is 7. The van der Waals surface area contributed by atoms with Gasteiger partial charge in [0.1, 0.15) is 11.5 Å². The van der Waals surface area contributed by atoms with Crippen LogP contribution >= 0.6 is 23.7 Å². The van der Waals surface area contributed by atoms with Crippen LogP contribution in [0.2, 0.25) is 0 Å². The summed E-state index contributed by atoms with van der Waals surface area (Å²) in [6, 6.07) is 13.2. The molecule has 0 atom stereocenters. The van der Waals surface area contributed by atoms with E-state index in [-0.39, 0.29) is 31.5 Å². The van der Waals surface area contributed by atoms with Crippen LogP contribution in [0.3, 0.4) is 0 Å². The third-order valence-corrected chi connectivity index (χ3v) is 5.51. The first kappa shape index (κ1) is 25.6. The highest BCUT2D eigenvalue weighted by atomic mass is 35.5. The largest absolute Gasteiger partial charge is 0.497 e. The van der Waals surface area contributed by atoms with E-state index in [1.165, 1.54) is 0 Å². The molecule has 3 aromatic rings. The summed E-state index contributed by atoms with van der Waals surface area (Å²) in [5.41, 5.74) is 3.47. The predicted molar refractivity (Wildman–Crippen MR) is 130 cm³/mol. The normalized spacial score (nSPS) is 10.5. The topological polar surface area (TPSA) is 83.9 Å². The Morgan fingerprint density at radius 2 is 2.00 bits per heavy atom. The lowest BCUT2D eigenvalue weighted by Crippen LogP contribution is -2.35. The number of aliphatic hydroxyl groups excluding tert-OH is 1. The molecule has 9 heteroatoms. The fourth-order valence-corrected chi connectivity index (χ4v) is 3.86. The molecule has 172 valence electrons. The summed E-state index contributed by atoms with van der Waals surface area (Å²) in [6.07, 6.45) is 0. The summed E-state index contributed by atoms with van der Waals surface area (Å²) < 4.78 is 10.7. The molecule has 0 aliphatic carbocycles. The van der Waals surface area contributed by atoms with Gasteiger partial charge in [-0.05, 0) is 25.1 Å². The minimum absolute atomic E-state index is 0. The van der Waals surface area contributed by atoms with Crippen molar-refractivity contribution in [2.75, 3.05) is 39.2 Å². The van der Waals surface area contributed by atoms with Gasteiger partial charge in [-0.2, -0.15) is 0 Å². The second kappa shape index (κ2) is 12.4. The molecule has 2 N–H and O–H groups in total. The van der Waals surface area contributed by atoms with Crippen LogP contribution in [-0.4, -0.2) is 54.8 Å². The van der Waals surface area contributed by atoms with Crippen LogP contribution < -0.4 is 14.8 Å². The number of hydrogen-bond donors (Lipinski definition) is 2. The molecule has 0 radical (unpaired) electrons. The van der Waals surface area contributed by atoms with Gasteiger partial charge in [0.05, 0.1) is 38.1 Å². The van der Waals surface area contributed by atoms with Crippen molar-refractivity contribution in [3.05, 3.63) is 58.4 Å². The first-order valence-electron chi connectivity index (χ1n) is 9.89. The Bertz CT molecular complexity index is 1030. The molecule has 0 bridgehead atoms. The molecular formula is C23H28ClN3O4S. The molecule has 0 unspecified atom stereocenters. The summed E-state index contributed by atoms with van der Waals surface area (Å²) >= 11 is 1.59. The fourth-order valence-electron chi connectivity index (χ4n) is 3.23. The van der Waals surface area contributed by atoms with Crippen molar-refractivity contribution in [3.63, 3.8) is 0 Å². The van der Waals surface area contributed by atoms with Crippen molar-refractivity contribution in [2.45, 2.75) is 13.5 Å². The van der Waals surface area contributed by atoms with Crippen molar-refractivity contribution < 1.29 is 19.4 Å². The lowest BCUT2D eigenvalue weighted by molar-refractivity contribution is -0.117. The average molecular weight is 478 g/mol. The van der Waals surface area contributed by atoms with E-state index in [2.05, 4.69) is 10.3 Å². The van der Waals surface area contributed by atoms with Gasteiger partial charge in [-0.15, -0.1) is 23.7 Å². The van der Waals surface area contributed by atoms with Gasteiger partial charge in [-0.1, -0.05) is 18.2 Å². The van der Waals surface area contributed by atoms with Gasteiger partial charge < -0.3 is 19.9 Å². The lowest BCUT2D eigenvalue weighted by Gasteiger charge is -2.22. The third kappa shape index (κ3) is 6.93. The van der Waals surface area contributed by atoms with Gasteiger partial charge in [-0.3, -0.25) is 9.69 Å². The van der Waals surface area contributed by atoms with Gasteiger partial charge in [0, 0.05) is 41.4 Å². The van der Waals surface area contributed by atoms with E-state index in [4.69, 9.17) is 9.47 Å². The average Bonchev–Trinajstić information content (AvgIpc) is 3.20. The van der Waals surface area contributed by atoms with Crippen molar-refractivity contribution in [1.82, 2.24) is 9.88 Å². The van der Waals surface area contributed by atoms with Crippen LogP contribution in [0.5, 0.6) is 11.5 Å². The van der Waals surface area contributed by atoms with E-state index in [0.717, 1.165) is 21.8 Å². The number of aromatic nitrogens is 1. The summed E-state index contributed by atoms with van der Waals surface area (Å²) in [4.78, 5) is 19.1. The van der Waals surface area contributed by atoms with Crippen LogP contribution in [0.1, 0.15) is 10.6 Å². The second-order valence-electron chi connectivity index (χ2n) is 6.99. The third-order valence-electron chi connectivity index (χ3n) is 4.73. The highest BCUT2D eigenvalue weighted by molar-refractivity contribution is 7.09. The SMILES string of the molecule is COc1ccc(CN(CCO)CC(=O)Nc2cccc(-c3csc(C)n3)c2)c(OC)c1.Cl. The zero-order valence-electron chi connectivity index (χ0n) is 18.3. The monoisotopic (exact) mass is 477 g/mol. The number of benzene rings is 2. The predicted octanol–water partition coefficient (Wildman–Crippen LogP) is 3.99. The maximum atomic E-state index is 12.7. The molecule has 2 aromatic carbocycles. The van der Waals surface area contributed by atoms with Crippen LogP contribution in [0, 0.1) is 6.92 Å². The van der Waals surface area contributed by atoms with E-state index in [9.17, 15) is 9.90 Å². The Kier molecular flexibility index (Phi) is 9.93. The number of carbonyl (C=O) groups is 1. The molecule has 3 rings (SSSR count). The Balaban J connectivity index is 0.00000363. The summed E-state index contributed by atoms with van der Waals surface area (Å²) in [5, 5.41) is 15.4. The first-order valence-corrected chi connectivity index (χ1v) is 10.8. The molecule has 0 saturated heterocycles. The fraction of sp³-hybridized carbons (Fsp3) is 0.304.